The van der Waals surface area contributed by atoms with E-state index in [1.807, 2.05) is 9.80 Å². The quantitative estimate of drug-likeness (QED) is 0.118. The van der Waals surface area contributed by atoms with Crippen molar-refractivity contribution in [3.8, 4) is 12.1 Å². The summed E-state index contributed by atoms with van der Waals surface area (Å²) in [5.74, 6) is -1.14. The van der Waals surface area contributed by atoms with Gasteiger partial charge in [0.2, 0.25) is 20.0 Å². The van der Waals surface area contributed by atoms with Crippen LogP contribution in [0.1, 0.15) is 81.5 Å². The molecule has 0 unspecified atom stereocenters. The maximum absolute atomic E-state index is 13.3. The summed E-state index contributed by atoms with van der Waals surface area (Å²) in [6, 6.07) is 25.9. The lowest BCUT2D eigenvalue weighted by atomic mass is 10.0. The minimum Gasteiger partial charge on any atom is -0.462 e. The number of nitriles is 2. The zero-order valence-corrected chi connectivity index (χ0v) is 37.4. The van der Waals surface area contributed by atoms with Crippen molar-refractivity contribution in [1.29, 1.82) is 10.5 Å². The standard InChI is InChI=1S/C24H28FN3O4S.C22H26FN3O3S/c1-3-14-33(30,31)28(17-19-4-6-21(25)7-5-19)22-8-9-24(20(15-22)16-26)27-12-10-23(11-13-27)32-18(2)29;1-2-13-30(28,29)26(16-17-3-5-19(23)6-4-17)20-7-8-22(18(14-20)15-24)25-11-9-21(27)10-12-25/h4-9,15,23H,3,10-14,17H2,1-2H3;3-8,14,21,27H,2,9-13,16H2,1H3. The third-order valence-corrected chi connectivity index (χ3v) is 14.6. The predicted molar refractivity (Wildman–Crippen MR) is 240 cm³/mol. The van der Waals surface area contributed by atoms with Crippen molar-refractivity contribution in [3.05, 3.63) is 119 Å². The maximum atomic E-state index is 13.3. The molecule has 63 heavy (non-hydrogen) atoms. The van der Waals surface area contributed by atoms with Gasteiger partial charge in [-0.3, -0.25) is 13.4 Å². The number of carbonyl (C=O) groups excluding carboxylic acids is 1. The van der Waals surface area contributed by atoms with Gasteiger partial charge in [-0.15, -0.1) is 0 Å². The molecule has 2 fully saturated rings. The third-order valence-electron chi connectivity index (χ3n) is 10.8. The normalized spacial score (nSPS) is 14.8. The number of esters is 1. The van der Waals surface area contributed by atoms with Crippen molar-refractivity contribution in [3.63, 3.8) is 0 Å². The van der Waals surface area contributed by atoms with Crippen LogP contribution in [0.5, 0.6) is 0 Å². The number of sulfonamides is 2. The van der Waals surface area contributed by atoms with E-state index >= 15 is 0 Å². The molecule has 13 nitrogen and oxygen atoms in total. The summed E-state index contributed by atoms with van der Waals surface area (Å²) >= 11 is 0. The Hall–Kier alpha value is -5.75. The first-order valence-corrected chi connectivity index (χ1v) is 24.2. The van der Waals surface area contributed by atoms with Crippen LogP contribution in [0.3, 0.4) is 0 Å². The van der Waals surface area contributed by atoms with Gasteiger partial charge in [0.15, 0.2) is 0 Å². The third kappa shape index (κ3) is 13.1. The van der Waals surface area contributed by atoms with Crippen molar-refractivity contribution >= 4 is 48.8 Å². The van der Waals surface area contributed by atoms with E-state index in [1.54, 1.807) is 74.5 Å². The number of carbonyl (C=O) groups is 1. The van der Waals surface area contributed by atoms with Crippen LogP contribution in [0.4, 0.5) is 31.5 Å². The summed E-state index contributed by atoms with van der Waals surface area (Å²) in [4.78, 5) is 15.3. The molecule has 0 bridgehead atoms. The smallest absolute Gasteiger partial charge is 0.302 e. The lowest BCUT2D eigenvalue weighted by Crippen LogP contribution is -2.38. The molecule has 0 radical (unpaired) electrons. The van der Waals surface area contributed by atoms with E-state index in [1.165, 1.54) is 39.8 Å². The first-order valence-electron chi connectivity index (χ1n) is 21.0. The first kappa shape index (κ1) is 48.3. The van der Waals surface area contributed by atoms with E-state index in [0.717, 1.165) is 11.4 Å². The second-order valence-electron chi connectivity index (χ2n) is 15.5. The van der Waals surface area contributed by atoms with Crippen molar-refractivity contribution in [2.75, 3.05) is 56.1 Å². The monoisotopic (exact) mass is 904 g/mol. The number of nitrogens with zero attached hydrogens (tertiary/aromatic N) is 6. The van der Waals surface area contributed by atoms with E-state index in [0.29, 0.717) is 98.3 Å². The van der Waals surface area contributed by atoms with Gasteiger partial charge in [0.1, 0.15) is 29.9 Å². The summed E-state index contributed by atoms with van der Waals surface area (Å²) in [7, 11) is -7.27. The highest BCUT2D eigenvalue weighted by atomic mass is 32.2. The van der Waals surface area contributed by atoms with Gasteiger partial charge in [-0.1, -0.05) is 38.1 Å². The second-order valence-corrected chi connectivity index (χ2v) is 19.6. The van der Waals surface area contributed by atoms with Crippen LogP contribution in [0.25, 0.3) is 0 Å². The Labute approximate surface area is 369 Å². The molecule has 336 valence electrons. The Morgan fingerprint density at radius 2 is 1.06 bits per heavy atom. The van der Waals surface area contributed by atoms with Gasteiger partial charge in [-0.25, -0.2) is 25.6 Å². The van der Waals surface area contributed by atoms with Gasteiger partial charge < -0.3 is 19.6 Å². The van der Waals surface area contributed by atoms with Gasteiger partial charge in [0, 0.05) is 45.9 Å². The van der Waals surface area contributed by atoms with E-state index < -0.39 is 25.9 Å². The Kier molecular flexibility index (Phi) is 16.9. The maximum Gasteiger partial charge on any atom is 0.302 e. The number of anilines is 4. The molecule has 0 aliphatic carbocycles. The van der Waals surface area contributed by atoms with Crippen LogP contribution >= 0.6 is 0 Å². The highest BCUT2D eigenvalue weighted by molar-refractivity contribution is 7.93. The van der Waals surface area contributed by atoms with Crippen LogP contribution in [-0.4, -0.2) is 77.8 Å². The summed E-state index contributed by atoms with van der Waals surface area (Å²) in [6.07, 6.45) is 3.04. The lowest BCUT2D eigenvalue weighted by Gasteiger charge is -2.34. The molecule has 2 saturated heterocycles. The Bertz CT molecular complexity index is 2480. The fourth-order valence-corrected chi connectivity index (χ4v) is 10.6. The molecule has 4 aromatic carbocycles. The van der Waals surface area contributed by atoms with E-state index in [4.69, 9.17) is 4.74 Å². The van der Waals surface area contributed by atoms with Gasteiger partial charge in [-0.05, 0) is 97.5 Å². The first-order chi connectivity index (χ1) is 30.1. The van der Waals surface area contributed by atoms with Gasteiger partial charge >= 0.3 is 5.97 Å². The number of halogens is 2. The minimum absolute atomic E-state index is 0.0259. The fraction of sp³-hybridized carbons (Fsp3) is 0.413. The lowest BCUT2D eigenvalue weighted by molar-refractivity contribution is -0.147. The summed E-state index contributed by atoms with van der Waals surface area (Å²) in [6.45, 7) is 7.61. The zero-order valence-electron chi connectivity index (χ0n) is 35.8. The number of aliphatic hydroxyl groups is 1. The number of hydrogen-bond donors (Lipinski definition) is 1. The average molecular weight is 905 g/mol. The van der Waals surface area contributed by atoms with Crippen LogP contribution in [0.2, 0.25) is 0 Å². The topological polar surface area (TPSA) is 175 Å². The highest BCUT2D eigenvalue weighted by Crippen LogP contribution is 2.33. The van der Waals surface area contributed by atoms with Crippen LogP contribution in [0, 0.1) is 34.3 Å². The van der Waals surface area contributed by atoms with Crippen molar-refractivity contribution in [1.82, 2.24) is 0 Å². The van der Waals surface area contributed by atoms with Crippen molar-refractivity contribution in [2.24, 2.45) is 0 Å². The molecular weight excluding hydrogens is 851 g/mol. The van der Waals surface area contributed by atoms with E-state index in [-0.39, 0.29) is 48.6 Å². The molecule has 0 saturated carbocycles. The highest BCUT2D eigenvalue weighted by Gasteiger charge is 2.28. The van der Waals surface area contributed by atoms with Crippen LogP contribution in [-0.2, 0) is 42.7 Å². The van der Waals surface area contributed by atoms with Crippen LogP contribution < -0.4 is 18.4 Å². The molecule has 4 aromatic rings. The van der Waals surface area contributed by atoms with Gasteiger partial charge in [0.05, 0.1) is 64.6 Å². The molecule has 2 heterocycles. The summed E-state index contributed by atoms with van der Waals surface area (Å²) in [5, 5.41) is 29.2. The number of benzene rings is 4. The molecule has 0 atom stereocenters. The molecule has 2 aliphatic heterocycles. The Morgan fingerprint density at radius 1 is 0.683 bits per heavy atom. The SMILES string of the molecule is CCCS(=O)(=O)N(Cc1ccc(F)cc1)c1ccc(N2CCC(O)CC2)c(C#N)c1.CCCS(=O)(=O)N(Cc1ccc(F)cc1)c1ccc(N2CCC(OC(C)=O)CC2)c(C#N)c1. The molecule has 6 rings (SSSR count). The second kappa shape index (κ2) is 22.0. The predicted octanol–water partition coefficient (Wildman–Crippen LogP) is 7.38. The Balaban J connectivity index is 0.000000239. The molecule has 0 aromatic heterocycles. The van der Waals surface area contributed by atoms with Crippen LogP contribution in [0.15, 0.2) is 84.9 Å². The minimum atomic E-state index is -3.65. The molecule has 2 aliphatic rings. The summed E-state index contributed by atoms with van der Waals surface area (Å²) < 4.78 is 86.4. The number of rotatable bonds is 15. The number of ether oxygens (including phenoxy) is 1. The molecule has 17 heteroatoms. The van der Waals surface area contributed by atoms with Crippen molar-refractivity contribution < 1.29 is 40.3 Å². The summed E-state index contributed by atoms with van der Waals surface area (Å²) in [5.41, 5.74) is 4.32. The molecule has 0 amide bonds. The van der Waals surface area contributed by atoms with Gasteiger partial charge in [-0.2, -0.15) is 10.5 Å². The number of piperidine rings is 2. The molecule has 0 spiro atoms. The fourth-order valence-electron chi connectivity index (χ4n) is 7.59. The number of aliphatic hydroxyl groups excluding tert-OH is 1. The zero-order chi connectivity index (χ0) is 45.7. The largest absolute Gasteiger partial charge is 0.462 e. The van der Waals surface area contributed by atoms with E-state index in [9.17, 15) is 46.0 Å². The number of hydrogen-bond acceptors (Lipinski definition) is 11. The van der Waals surface area contributed by atoms with Crippen molar-refractivity contribution in [2.45, 2.75) is 84.6 Å². The molecule has 1 N–H and O–H groups in total. The Morgan fingerprint density at radius 3 is 1.41 bits per heavy atom. The molecular formula is C46H54F2N6O7S2. The van der Waals surface area contributed by atoms with Gasteiger partial charge in [0.25, 0.3) is 0 Å². The average Bonchev–Trinajstić information content (AvgIpc) is 3.26. The van der Waals surface area contributed by atoms with E-state index in [2.05, 4.69) is 12.1 Å².